The van der Waals surface area contributed by atoms with Crippen molar-refractivity contribution in [2.24, 2.45) is 0 Å². The van der Waals surface area contributed by atoms with Crippen molar-refractivity contribution in [3.8, 4) is 11.8 Å². The molecule has 2 heteroatoms. The van der Waals surface area contributed by atoms with Crippen molar-refractivity contribution in [3.05, 3.63) is 0 Å². The molecule has 0 heterocycles. The summed E-state index contributed by atoms with van der Waals surface area (Å²) in [4.78, 5) is 0. The molecule has 0 aromatic rings. The third-order valence-corrected chi connectivity index (χ3v) is 2.59. The molecule has 1 N–H and O–H groups in total. The van der Waals surface area contributed by atoms with E-state index in [0.717, 1.165) is 13.0 Å². The Morgan fingerprint density at radius 3 is 3.00 bits per heavy atom. The highest BCUT2D eigenvalue weighted by molar-refractivity contribution is 4.95. The monoisotopic (exact) mass is 181 g/mol. The van der Waals surface area contributed by atoms with Crippen LogP contribution in [0.2, 0.25) is 0 Å². The molecule has 0 aromatic carbocycles. The van der Waals surface area contributed by atoms with Crippen LogP contribution in [0, 0.1) is 11.8 Å². The zero-order valence-electron chi connectivity index (χ0n) is 8.60. The predicted molar refractivity (Wildman–Crippen MR) is 54.5 cm³/mol. The molecule has 1 aliphatic rings. The molecular formula is C11H19NO. The van der Waals surface area contributed by atoms with Crippen molar-refractivity contribution in [1.29, 1.82) is 0 Å². The van der Waals surface area contributed by atoms with Crippen LogP contribution in [0.25, 0.3) is 0 Å². The molecule has 0 aliphatic heterocycles. The topological polar surface area (TPSA) is 21.3 Å². The van der Waals surface area contributed by atoms with Crippen LogP contribution in [0.4, 0.5) is 0 Å². The van der Waals surface area contributed by atoms with Crippen LogP contribution in [-0.4, -0.2) is 25.8 Å². The summed E-state index contributed by atoms with van der Waals surface area (Å²) < 4.78 is 5.38. The SMILES string of the molecule is CC#CCCNC1CCCC1OC. The van der Waals surface area contributed by atoms with E-state index in [-0.39, 0.29) is 0 Å². The average Bonchev–Trinajstić information content (AvgIpc) is 2.60. The average molecular weight is 181 g/mol. The number of hydrogen-bond donors (Lipinski definition) is 1. The Balaban J connectivity index is 2.15. The number of rotatable bonds is 4. The zero-order valence-corrected chi connectivity index (χ0v) is 8.60. The van der Waals surface area contributed by atoms with Gasteiger partial charge in [-0.25, -0.2) is 0 Å². The molecule has 2 atom stereocenters. The normalized spacial score (nSPS) is 26.9. The molecule has 0 radical (unpaired) electrons. The van der Waals surface area contributed by atoms with Crippen molar-refractivity contribution < 1.29 is 4.74 Å². The first-order chi connectivity index (χ1) is 6.38. The van der Waals surface area contributed by atoms with Gasteiger partial charge in [0.15, 0.2) is 0 Å². The molecule has 13 heavy (non-hydrogen) atoms. The number of nitrogens with one attached hydrogen (secondary N) is 1. The van der Waals surface area contributed by atoms with Gasteiger partial charge in [0.25, 0.3) is 0 Å². The molecule has 0 amide bonds. The molecule has 1 saturated carbocycles. The lowest BCUT2D eigenvalue weighted by Gasteiger charge is -2.18. The first-order valence-corrected chi connectivity index (χ1v) is 5.04. The molecule has 0 aromatic heterocycles. The lowest BCUT2D eigenvalue weighted by molar-refractivity contribution is 0.0855. The van der Waals surface area contributed by atoms with E-state index >= 15 is 0 Å². The third kappa shape index (κ3) is 3.38. The van der Waals surface area contributed by atoms with Gasteiger partial charge < -0.3 is 10.1 Å². The van der Waals surface area contributed by atoms with Crippen LogP contribution in [0.15, 0.2) is 0 Å². The lowest BCUT2D eigenvalue weighted by atomic mass is 10.2. The summed E-state index contributed by atoms with van der Waals surface area (Å²) in [5.74, 6) is 5.95. The fraction of sp³-hybridized carbons (Fsp3) is 0.818. The fourth-order valence-corrected chi connectivity index (χ4v) is 1.89. The second-order valence-corrected chi connectivity index (χ2v) is 3.44. The number of ether oxygens (including phenoxy) is 1. The predicted octanol–water partition coefficient (Wildman–Crippen LogP) is 1.56. The summed E-state index contributed by atoms with van der Waals surface area (Å²) in [7, 11) is 1.80. The first kappa shape index (κ1) is 10.6. The number of hydrogen-bond acceptors (Lipinski definition) is 2. The van der Waals surface area contributed by atoms with Crippen molar-refractivity contribution >= 4 is 0 Å². The van der Waals surface area contributed by atoms with Gasteiger partial charge in [0.1, 0.15) is 0 Å². The smallest absolute Gasteiger partial charge is 0.0724 e. The van der Waals surface area contributed by atoms with Crippen LogP contribution in [0.3, 0.4) is 0 Å². The molecule has 1 aliphatic carbocycles. The van der Waals surface area contributed by atoms with E-state index in [1.54, 1.807) is 7.11 Å². The molecule has 0 bridgehead atoms. The zero-order chi connectivity index (χ0) is 9.52. The van der Waals surface area contributed by atoms with Gasteiger partial charge in [-0.1, -0.05) is 0 Å². The molecule has 1 fully saturated rings. The quantitative estimate of drug-likeness (QED) is 0.525. The van der Waals surface area contributed by atoms with Gasteiger partial charge in [0.2, 0.25) is 0 Å². The summed E-state index contributed by atoms with van der Waals surface area (Å²) in [6.45, 7) is 2.87. The highest BCUT2D eigenvalue weighted by atomic mass is 16.5. The van der Waals surface area contributed by atoms with Crippen LogP contribution < -0.4 is 5.32 Å². The molecule has 74 valence electrons. The second-order valence-electron chi connectivity index (χ2n) is 3.44. The fourth-order valence-electron chi connectivity index (χ4n) is 1.89. The second kappa shape index (κ2) is 6.01. The Morgan fingerprint density at radius 1 is 1.46 bits per heavy atom. The van der Waals surface area contributed by atoms with Gasteiger partial charge in [0.05, 0.1) is 6.10 Å². The van der Waals surface area contributed by atoms with E-state index in [0.29, 0.717) is 12.1 Å². The maximum Gasteiger partial charge on any atom is 0.0724 e. The maximum absolute atomic E-state index is 5.38. The molecule has 0 spiro atoms. The summed E-state index contributed by atoms with van der Waals surface area (Å²) >= 11 is 0. The van der Waals surface area contributed by atoms with Crippen LogP contribution in [0.5, 0.6) is 0 Å². The van der Waals surface area contributed by atoms with E-state index in [2.05, 4.69) is 17.2 Å². The Bertz CT molecular complexity index is 192. The van der Waals surface area contributed by atoms with Gasteiger partial charge in [-0.3, -0.25) is 0 Å². The third-order valence-electron chi connectivity index (χ3n) is 2.59. The van der Waals surface area contributed by atoms with Crippen LogP contribution in [0.1, 0.15) is 32.6 Å². The summed E-state index contributed by atoms with van der Waals surface area (Å²) in [6.07, 6.45) is 5.11. The van der Waals surface area contributed by atoms with Crippen molar-refractivity contribution in [2.75, 3.05) is 13.7 Å². The highest BCUT2D eigenvalue weighted by Gasteiger charge is 2.25. The Hall–Kier alpha value is -0.520. The van der Waals surface area contributed by atoms with Gasteiger partial charge in [-0.05, 0) is 26.2 Å². The Labute approximate surface area is 81.0 Å². The van der Waals surface area contributed by atoms with Crippen molar-refractivity contribution in [1.82, 2.24) is 5.32 Å². The van der Waals surface area contributed by atoms with Gasteiger partial charge in [0, 0.05) is 26.1 Å². The molecular weight excluding hydrogens is 162 g/mol. The lowest BCUT2D eigenvalue weighted by Crippen LogP contribution is -2.37. The van der Waals surface area contributed by atoms with E-state index in [9.17, 15) is 0 Å². The minimum atomic E-state index is 0.426. The van der Waals surface area contributed by atoms with Crippen LogP contribution >= 0.6 is 0 Å². The molecule has 2 nitrogen and oxygen atoms in total. The van der Waals surface area contributed by atoms with Gasteiger partial charge in [-0.2, -0.15) is 0 Å². The first-order valence-electron chi connectivity index (χ1n) is 5.04. The molecule has 2 unspecified atom stereocenters. The minimum absolute atomic E-state index is 0.426. The van der Waals surface area contributed by atoms with Gasteiger partial charge in [-0.15, -0.1) is 11.8 Å². The van der Waals surface area contributed by atoms with E-state index in [1.807, 2.05) is 6.92 Å². The summed E-state index contributed by atoms with van der Waals surface area (Å²) in [6, 6.07) is 0.559. The number of methoxy groups -OCH3 is 1. The van der Waals surface area contributed by atoms with Crippen LogP contribution in [-0.2, 0) is 4.74 Å². The Kier molecular flexibility index (Phi) is 4.88. The highest BCUT2D eigenvalue weighted by Crippen LogP contribution is 2.21. The van der Waals surface area contributed by atoms with Crippen molar-refractivity contribution in [3.63, 3.8) is 0 Å². The van der Waals surface area contributed by atoms with Crippen molar-refractivity contribution in [2.45, 2.75) is 44.8 Å². The van der Waals surface area contributed by atoms with E-state index in [4.69, 9.17) is 4.74 Å². The summed E-state index contributed by atoms with van der Waals surface area (Å²) in [5.41, 5.74) is 0. The largest absolute Gasteiger partial charge is 0.380 e. The van der Waals surface area contributed by atoms with Gasteiger partial charge >= 0.3 is 0 Å². The summed E-state index contributed by atoms with van der Waals surface area (Å²) in [5, 5.41) is 3.49. The molecule has 0 saturated heterocycles. The van der Waals surface area contributed by atoms with E-state index < -0.39 is 0 Å². The standard InChI is InChI=1S/C11H19NO/c1-3-4-5-9-12-10-7-6-8-11(10)13-2/h10-12H,5-9H2,1-2H3. The maximum atomic E-state index is 5.38. The Morgan fingerprint density at radius 2 is 2.31 bits per heavy atom. The van der Waals surface area contributed by atoms with E-state index in [1.165, 1.54) is 19.3 Å². The molecule has 1 rings (SSSR count). The minimum Gasteiger partial charge on any atom is -0.380 e.